The Morgan fingerprint density at radius 3 is 2.60 bits per heavy atom. The summed E-state index contributed by atoms with van der Waals surface area (Å²) in [6.07, 6.45) is 0. The van der Waals surface area contributed by atoms with Crippen LogP contribution in [0.1, 0.15) is 20.0 Å². The van der Waals surface area contributed by atoms with E-state index in [4.69, 9.17) is 11.6 Å². The summed E-state index contributed by atoms with van der Waals surface area (Å²) >= 11 is 7.38. The zero-order valence-corrected chi connectivity index (χ0v) is 14.3. The van der Waals surface area contributed by atoms with Crippen LogP contribution in [0.5, 0.6) is 0 Å². The largest absolute Gasteiger partial charge is 0.321 e. The average molecular weight is 375 g/mol. The number of rotatable bonds is 5. The summed E-state index contributed by atoms with van der Waals surface area (Å²) in [6.45, 7) is -0.826. The van der Waals surface area contributed by atoms with Crippen LogP contribution in [0, 0.1) is 10.1 Å². The van der Waals surface area contributed by atoms with E-state index in [1.807, 2.05) is 24.3 Å². The molecule has 0 radical (unpaired) electrons. The lowest BCUT2D eigenvalue weighted by molar-refractivity contribution is -0.465. The van der Waals surface area contributed by atoms with Crippen LogP contribution in [0.2, 0.25) is 5.02 Å². The maximum Gasteiger partial charge on any atom is 0.265 e. The van der Waals surface area contributed by atoms with Crippen LogP contribution >= 0.6 is 22.9 Å². The first-order valence-electron chi connectivity index (χ1n) is 7.18. The molecule has 126 valence electrons. The highest BCUT2D eigenvalue weighted by molar-refractivity contribution is 7.20. The highest BCUT2D eigenvalue weighted by atomic mass is 35.5. The Kier molecular flexibility index (Phi) is 4.78. The maximum atomic E-state index is 12.4. The van der Waals surface area contributed by atoms with Gasteiger partial charge in [0.15, 0.2) is 0 Å². The lowest BCUT2D eigenvalue weighted by atomic mass is 10.1. The fraction of sp³-hybridized carbons (Fsp3) is 0.0588. The quantitative estimate of drug-likeness (QED) is 0.410. The Balaban J connectivity index is 1.78. The van der Waals surface area contributed by atoms with Crippen LogP contribution in [0.3, 0.4) is 0 Å². The standard InChI is InChI=1S/C17H11ClN2O4S/c18-13-8-11(5-6-12(13)14(21)9-20(23)24)19-17(22)16-7-10-3-1-2-4-15(10)25-16/h1-8H,9H2,(H,19,22). The third kappa shape index (κ3) is 3.84. The van der Waals surface area contributed by atoms with Crippen molar-refractivity contribution in [1.82, 2.24) is 0 Å². The third-order valence-electron chi connectivity index (χ3n) is 3.45. The lowest BCUT2D eigenvalue weighted by Crippen LogP contribution is -2.15. The number of anilines is 1. The Morgan fingerprint density at radius 1 is 1.16 bits per heavy atom. The molecule has 3 aromatic rings. The van der Waals surface area contributed by atoms with E-state index in [1.54, 1.807) is 6.07 Å². The number of benzene rings is 2. The van der Waals surface area contributed by atoms with Crippen LogP contribution < -0.4 is 5.32 Å². The van der Waals surface area contributed by atoms with E-state index >= 15 is 0 Å². The number of hydrogen-bond acceptors (Lipinski definition) is 5. The second kappa shape index (κ2) is 7.00. The fourth-order valence-corrected chi connectivity index (χ4v) is 3.55. The molecular weight excluding hydrogens is 364 g/mol. The van der Waals surface area contributed by atoms with Crippen molar-refractivity contribution >= 4 is 50.4 Å². The van der Waals surface area contributed by atoms with E-state index in [1.165, 1.54) is 29.5 Å². The molecule has 0 bridgehead atoms. The molecule has 0 spiro atoms. The van der Waals surface area contributed by atoms with Crippen molar-refractivity contribution < 1.29 is 14.5 Å². The van der Waals surface area contributed by atoms with Crippen molar-refractivity contribution in [2.75, 3.05) is 11.9 Å². The van der Waals surface area contributed by atoms with E-state index in [2.05, 4.69) is 5.32 Å². The molecule has 0 unspecified atom stereocenters. The molecule has 0 atom stereocenters. The summed E-state index contributed by atoms with van der Waals surface area (Å²) in [6, 6.07) is 13.7. The molecule has 1 heterocycles. The van der Waals surface area contributed by atoms with Crippen LogP contribution in [-0.2, 0) is 0 Å². The molecule has 0 aliphatic carbocycles. The van der Waals surface area contributed by atoms with Gasteiger partial charge in [0.1, 0.15) is 0 Å². The number of Topliss-reactive ketones (excluding diaryl/α,β-unsaturated/α-hetero) is 1. The number of carbonyl (C=O) groups excluding carboxylic acids is 2. The summed E-state index contributed by atoms with van der Waals surface area (Å²) in [5.74, 6) is -0.973. The Hall–Kier alpha value is -2.77. The molecule has 1 aromatic heterocycles. The lowest BCUT2D eigenvalue weighted by Gasteiger charge is -2.06. The summed E-state index contributed by atoms with van der Waals surface area (Å²) in [5.41, 5.74) is 0.461. The van der Waals surface area contributed by atoms with Crippen molar-refractivity contribution in [3.63, 3.8) is 0 Å². The molecule has 0 saturated carbocycles. The smallest absolute Gasteiger partial charge is 0.265 e. The first kappa shape index (κ1) is 17.1. The van der Waals surface area contributed by atoms with Gasteiger partial charge in [0.05, 0.1) is 9.90 Å². The fourth-order valence-electron chi connectivity index (χ4n) is 2.31. The highest BCUT2D eigenvalue weighted by Gasteiger charge is 2.17. The number of hydrogen-bond donors (Lipinski definition) is 1. The predicted octanol–water partition coefficient (Wildman–Crippen LogP) is 4.27. The molecule has 8 heteroatoms. The number of fused-ring (bicyclic) bond motifs is 1. The minimum absolute atomic E-state index is 0.0539. The maximum absolute atomic E-state index is 12.4. The number of nitrogens with zero attached hydrogens (tertiary/aromatic N) is 1. The molecule has 0 aliphatic rings. The van der Waals surface area contributed by atoms with Gasteiger partial charge >= 0.3 is 0 Å². The first-order valence-corrected chi connectivity index (χ1v) is 8.38. The second-order valence-corrected chi connectivity index (χ2v) is 6.70. The summed E-state index contributed by atoms with van der Waals surface area (Å²) in [5, 5.41) is 14.2. The van der Waals surface area contributed by atoms with E-state index < -0.39 is 17.3 Å². The van der Waals surface area contributed by atoms with Gasteiger partial charge in [-0.3, -0.25) is 19.7 Å². The molecule has 0 fully saturated rings. The van der Waals surface area contributed by atoms with Crippen molar-refractivity contribution in [3.05, 3.63) is 74.1 Å². The summed E-state index contributed by atoms with van der Waals surface area (Å²) < 4.78 is 1.01. The average Bonchev–Trinajstić information content (AvgIpc) is 2.98. The van der Waals surface area contributed by atoms with Gasteiger partial charge in [0, 0.05) is 20.9 Å². The zero-order valence-electron chi connectivity index (χ0n) is 12.7. The van der Waals surface area contributed by atoms with Gasteiger partial charge in [-0.25, -0.2) is 0 Å². The van der Waals surface area contributed by atoms with Crippen molar-refractivity contribution in [1.29, 1.82) is 0 Å². The van der Waals surface area contributed by atoms with Crippen molar-refractivity contribution in [2.24, 2.45) is 0 Å². The minimum atomic E-state index is -0.826. The van der Waals surface area contributed by atoms with E-state index in [0.717, 1.165) is 10.1 Å². The van der Waals surface area contributed by atoms with Gasteiger partial charge in [0.2, 0.25) is 5.78 Å². The van der Waals surface area contributed by atoms with E-state index in [0.29, 0.717) is 10.6 Å². The van der Waals surface area contributed by atoms with Gasteiger partial charge in [0.25, 0.3) is 12.5 Å². The number of carbonyl (C=O) groups is 2. The Labute approximate surface area is 151 Å². The van der Waals surface area contributed by atoms with Gasteiger partial charge in [-0.1, -0.05) is 29.8 Å². The van der Waals surface area contributed by atoms with Crippen LogP contribution in [0.25, 0.3) is 10.1 Å². The van der Waals surface area contributed by atoms with Crippen LogP contribution in [0.4, 0.5) is 5.69 Å². The number of ketones is 1. The highest BCUT2D eigenvalue weighted by Crippen LogP contribution is 2.27. The molecule has 6 nitrogen and oxygen atoms in total. The normalized spacial score (nSPS) is 10.6. The monoisotopic (exact) mass is 374 g/mol. The van der Waals surface area contributed by atoms with Gasteiger partial charge < -0.3 is 5.32 Å². The van der Waals surface area contributed by atoms with Gasteiger partial charge in [-0.15, -0.1) is 11.3 Å². The summed E-state index contributed by atoms with van der Waals surface area (Å²) in [7, 11) is 0. The number of thiophene rings is 1. The second-order valence-electron chi connectivity index (χ2n) is 5.21. The van der Waals surface area contributed by atoms with E-state index in [9.17, 15) is 19.7 Å². The Bertz CT molecular complexity index is 966. The molecule has 1 amide bonds. The minimum Gasteiger partial charge on any atom is -0.321 e. The predicted molar refractivity (Wildman–Crippen MR) is 97.4 cm³/mol. The number of halogens is 1. The molecule has 0 saturated heterocycles. The summed E-state index contributed by atoms with van der Waals surface area (Å²) in [4.78, 5) is 34.3. The number of amides is 1. The van der Waals surface area contributed by atoms with Gasteiger partial charge in [-0.2, -0.15) is 0 Å². The van der Waals surface area contributed by atoms with Crippen molar-refractivity contribution in [2.45, 2.75) is 0 Å². The molecule has 25 heavy (non-hydrogen) atoms. The molecular formula is C17H11ClN2O4S. The molecule has 0 aliphatic heterocycles. The zero-order chi connectivity index (χ0) is 18.0. The SMILES string of the molecule is O=C(Nc1ccc(C(=O)C[N+](=O)[O-])c(Cl)c1)c1cc2ccccc2s1. The topological polar surface area (TPSA) is 89.3 Å². The number of nitrogens with one attached hydrogen (secondary N) is 1. The van der Waals surface area contributed by atoms with Crippen LogP contribution in [0.15, 0.2) is 48.5 Å². The molecule has 1 N–H and O–H groups in total. The van der Waals surface area contributed by atoms with Crippen LogP contribution in [-0.4, -0.2) is 23.2 Å². The first-order chi connectivity index (χ1) is 11.9. The van der Waals surface area contributed by atoms with E-state index in [-0.39, 0.29) is 16.5 Å². The Morgan fingerprint density at radius 2 is 1.92 bits per heavy atom. The number of nitro groups is 1. The molecule has 2 aromatic carbocycles. The van der Waals surface area contributed by atoms with Gasteiger partial charge in [-0.05, 0) is 35.7 Å². The molecule has 3 rings (SSSR count). The third-order valence-corrected chi connectivity index (χ3v) is 4.88. The van der Waals surface area contributed by atoms with Crippen molar-refractivity contribution in [3.8, 4) is 0 Å².